The fourth-order valence-corrected chi connectivity index (χ4v) is 2.45. The lowest BCUT2D eigenvalue weighted by Crippen LogP contribution is -2.16. The summed E-state index contributed by atoms with van der Waals surface area (Å²) >= 11 is 0.974. The van der Waals surface area contributed by atoms with E-state index in [9.17, 15) is 22.8 Å². The molecule has 5 nitrogen and oxygen atoms in total. The number of carbonyl (C=O) groups excluding carboxylic acids is 2. The molecule has 1 aromatic carbocycles. The summed E-state index contributed by atoms with van der Waals surface area (Å²) < 4.78 is 42.5. The number of amides is 1. The molecule has 0 bridgehead atoms. The van der Waals surface area contributed by atoms with Crippen LogP contribution in [-0.2, 0) is 6.18 Å². The minimum Gasteiger partial charge on any atom is -0.360 e. The van der Waals surface area contributed by atoms with Gasteiger partial charge in [-0.25, -0.2) is 0 Å². The van der Waals surface area contributed by atoms with Gasteiger partial charge in [-0.15, -0.1) is 0 Å². The van der Waals surface area contributed by atoms with Crippen molar-refractivity contribution in [3.8, 4) is 0 Å². The van der Waals surface area contributed by atoms with Crippen molar-refractivity contribution in [1.82, 2.24) is 5.16 Å². The Morgan fingerprint density at radius 3 is 2.42 bits per heavy atom. The Morgan fingerprint density at radius 1 is 1.25 bits per heavy atom. The van der Waals surface area contributed by atoms with Crippen LogP contribution in [0.3, 0.4) is 0 Å². The molecule has 2 aromatic rings. The second-order valence-corrected chi connectivity index (χ2v) is 5.95. The van der Waals surface area contributed by atoms with Crippen LogP contribution in [0, 0.1) is 6.92 Å². The lowest BCUT2D eigenvalue weighted by atomic mass is 10.1. The number of benzene rings is 1. The fourth-order valence-electron chi connectivity index (χ4n) is 1.91. The summed E-state index contributed by atoms with van der Waals surface area (Å²) in [6.45, 7) is 3.25. The molecule has 24 heavy (non-hydrogen) atoms. The molecule has 1 N–H and O–H groups in total. The number of rotatable bonds is 4. The van der Waals surface area contributed by atoms with Gasteiger partial charge in [-0.1, -0.05) is 23.8 Å². The Morgan fingerprint density at radius 2 is 1.88 bits per heavy atom. The first-order chi connectivity index (χ1) is 11.2. The number of nitrogens with one attached hydrogen (secondary N) is 1. The van der Waals surface area contributed by atoms with Gasteiger partial charge >= 0.3 is 6.18 Å². The molecule has 0 radical (unpaired) electrons. The minimum atomic E-state index is -4.45. The average Bonchev–Trinajstić information content (AvgIpc) is 2.89. The second kappa shape index (κ2) is 7.08. The molecule has 0 saturated carbocycles. The van der Waals surface area contributed by atoms with Crippen molar-refractivity contribution in [2.24, 2.45) is 0 Å². The topological polar surface area (TPSA) is 72.2 Å². The van der Waals surface area contributed by atoms with Gasteiger partial charge in [0.25, 0.3) is 5.91 Å². The third-order valence-electron chi connectivity index (χ3n) is 3.03. The predicted octanol–water partition coefficient (Wildman–Crippen LogP) is 4.15. The van der Waals surface area contributed by atoms with Gasteiger partial charge in [0.15, 0.2) is 5.69 Å². The molecule has 128 valence electrons. The molecule has 0 unspecified atom stereocenters. The highest BCUT2D eigenvalue weighted by atomic mass is 32.2. The van der Waals surface area contributed by atoms with E-state index in [4.69, 9.17) is 4.52 Å². The van der Waals surface area contributed by atoms with Gasteiger partial charge in [0.1, 0.15) is 11.3 Å². The van der Waals surface area contributed by atoms with Crippen LogP contribution in [0.4, 0.5) is 18.9 Å². The molecular formula is C15H13F3N2O3S. The lowest BCUT2D eigenvalue weighted by molar-refractivity contribution is -0.137. The molecule has 1 aromatic heterocycles. The summed E-state index contributed by atoms with van der Waals surface area (Å²) in [6.07, 6.45) is -4.45. The van der Waals surface area contributed by atoms with Gasteiger partial charge in [-0.2, -0.15) is 13.2 Å². The first kappa shape index (κ1) is 18.1. The zero-order valence-corrected chi connectivity index (χ0v) is 13.5. The van der Waals surface area contributed by atoms with Crippen molar-refractivity contribution in [3.63, 3.8) is 0 Å². The molecule has 0 saturated heterocycles. The van der Waals surface area contributed by atoms with Crippen molar-refractivity contribution in [1.29, 1.82) is 0 Å². The van der Waals surface area contributed by atoms with Gasteiger partial charge in [-0.3, -0.25) is 9.59 Å². The second-order valence-electron chi connectivity index (χ2n) is 4.71. The number of thioether (sulfide) groups is 1. The Kier molecular flexibility index (Phi) is 5.33. The van der Waals surface area contributed by atoms with Gasteiger partial charge in [0, 0.05) is 5.69 Å². The summed E-state index contributed by atoms with van der Waals surface area (Å²) in [5.41, 5.74) is -0.795. The van der Waals surface area contributed by atoms with Gasteiger partial charge in [-0.05, 0) is 36.9 Å². The highest BCUT2D eigenvalue weighted by molar-refractivity contribution is 8.14. The van der Waals surface area contributed by atoms with E-state index < -0.39 is 22.8 Å². The van der Waals surface area contributed by atoms with E-state index in [2.05, 4.69) is 10.5 Å². The van der Waals surface area contributed by atoms with E-state index in [0.29, 0.717) is 5.75 Å². The molecule has 2 rings (SSSR count). The number of anilines is 1. The zero-order valence-electron chi connectivity index (χ0n) is 12.7. The molecule has 1 amide bonds. The molecule has 0 atom stereocenters. The monoisotopic (exact) mass is 358 g/mol. The highest BCUT2D eigenvalue weighted by Gasteiger charge is 2.30. The number of alkyl halides is 3. The molecule has 0 aliphatic carbocycles. The van der Waals surface area contributed by atoms with Gasteiger partial charge in [0.05, 0.1) is 5.56 Å². The molecule has 9 heteroatoms. The molecular weight excluding hydrogens is 345 g/mol. The number of carbonyl (C=O) groups is 2. The van der Waals surface area contributed by atoms with Crippen LogP contribution in [0.5, 0.6) is 0 Å². The van der Waals surface area contributed by atoms with E-state index in [0.717, 1.165) is 36.0 Å². The van der Waals surface area contributed by atoms with E-state index in [-0.39, 0.29) is 22.7 Å². The standard InChI is InChI=1S/C15H13F3N2O3S/c1-3-24-14(22)12-11(8(2)23-20-12)13(21)19-10-6-4-9(5-7-10)15(16,17)18/h4-7H,3H2,1-2H3,(H,19,21). The van der Waals surface area contributed by atoms with Gasteiger partial charge < -0.3 is 9.84 Å². The van der Waals surface area contributed by atoms with E-state index in [1.165, 1.54) is 6.92 Å². The molecule has 0 aliphatic rings. The third-order valence-corrected chi connectivity index (χ3v) is 3.77. The Bertz CT molecular complexity index is 754. The summed E-state index contributed by atoms with van der Waals surface area (Å²) in [4.78, 5) is 24.2. The third kappa shape index (κ3) is 3.97. The Hall–Kier alpha value is -2.29. The maximum Gasteiger partial charge on any atom is 0.416 e. The van der Waals surface area contributed by atoms with Crippen molar-refractivity contribution in [2.75, 3.05) is 11.1 Å². The average molecular weight is 358 g/mol. The first-order valence-electron chi connectivity index (χ1n) is 6.86. The smallest absolute Gasteiger partial charge is 0.360 e. The minimum absolute atomic E-state index is 0.0270. The number of hydrogen-bond acceptors (Lipinski definition) is 5. The normalized spacial score (nSPS) is 11.4. The predicted molar refractivity (Wildman–Crippen MR) is 83.1 cm³/mol. The van der Waals surface area contributed by atoms with Crippen LogP contribution in [0.25, 0.3) is 0 Å². The van der Waals surface area contributed by atoms with E-state index in [1.807, 2.05) is 0 Å². The Balaban J connectivity index is 2.21. The lowest BCUT2D eigenvalue weighted by Gasteiger charge is -2.08. The van der Waals surface area contributed by atoms with Crippen LogP contribution < -0.4 is 5.32 Å². The number of aromatic nitrogens is 1. The largest absolute Gasteiger partial charge is 0.416 e. The number of hydrogen-bond donors (Lipinski definition) is 1. The van der Waals surface area contributed by atoms with E-state index >= 15 is 0 Å². The van der Waals surface area contributed by atoms with Gasteiger partial charge in [0.2, 0.25) is 5.12 Å². The molecule has 1 heterocycles. The van der Waals surface area contributed by atoms with Crippen molar-refractivity contribution in [3.05, 3.63) is 46.8 Å². The first-order valence-corrected chi connectivity index (χ1v) is 7.84. The van der Waals surface area contributed by atoms with Crippen LogP contribution in [0.1, 0.15) is 39.1 Å². The number of nitrogens with zero attached hydrogens (tertiary/aromatic N) is 1. The van der Waals surface area contributed by atoms with Crippen LogP contribution >= 0.6 is 11.8 Å². The summed E-state index contributed by atoms with van der Waals surface area (Å²) in [6, 6.07) is 3.97. The number of aryl methyl sites for hydroxylation is 1. The SMILES string of the molecule is CCSC(=O)c1noc(C)c1C(=O)Nc1ccc(C(F)(F)F)cc1. The summed E-state index contributed by atoms with van der Waals surface area (Å²) in [5, 5.41) is 5.61. The molecule has 0 spiro atoms. The molecule has 0 fully saturated rings. The maximum absolute atomic E-state index is 12.5. The van der Waals surface area contributed by atoms with Crippen LogP contribution in [0.2, 0.25) is 0 Å². The highest BCUT2D eigenvalue weighted by Crippen LogP contribution is 2.30. The maximum atomic E-state index is 12.5. The Labute approximate surface area is 139 Å². The zero-order chi connectivity index (χ0) is 17.9. The quantitative estimate of drug-likeness (QED) is 0.889. The van der Waals surface area contributed by atoms with E-state index in [1.54, 1.807) is 6.92 Å². The molecule has 0 aliphatic heterocycles. The summed E-state index contributed by atoms with van der Waals surface area (Å²) in [5.74, 6) is -0.0157. The van der Waals surface area contributed by atoms with Crippen molar-refractivity contribution < 1.29 is 27.3 Å². The summed E-state index contributed by atoms with van der Waals surface area (Å²) in [7, 11) is 0. The van der Waals surface area contributed by atoms with Crippen molar-refractivity contribution in [2.45, 2.75) is 20.0 Å². The van der Waals surface area contributed by atoms with Crippen molar-refractivity contribution >= 4 is 28.5 Å². The van der Waals surface area contributed by atoms with Crippen LogP contribution in [-0.4, -0.2) is 21.9 Å². The van der Waals surface area contributed by atoms with Crippen LogP contribution in [0.15, 0.2) is 28.8 Å². The fraction of sp³-hybridized carbons (Fsp3) is 0.267. The number of halogens is 3.